The highest BCUT2D eigenvalue weighted by atomic mass is 79.9. The molecule has 2 aromatic carbocycles. The average molecular weight is 537 g/mol. The van der Waals surface area contributed by atoms with E-state index in [0.717, 1.165) is 5.75 Å². The number of para-hydroxylation sites is 1. The summed E-state index contributed by atoms with van der Waals surface area (Å²) in [6, 6.07) is 10.8. The van der Waals surface area contributed by atoms with Crippen LogP contribution in [0.3, 0.4) is 0 Å². The molecule has 0 aliphatic carbocycles. The molecule has 1 aliphatic heterocycles. The second kappa shape index (κ2) is 9.25. The number of carbonyl (C=O) groups excluding carboxylic acids is 1. The predicted molar refractivity (Wildman–Crippen MR) is 129 cm³/mol. The van der Waals surface area contributed by atoms with Crippen LogP contribution in [0.2, 0.25) is 5.02 Å². The van der Waals surface area contributed by atoms with Gasteiger partial charge >= 0.3 is 11.3 Å². The highest BCUT2D eigenvalue weighted by Crippen LogP contribution is 2.43. The maximum atomic E-state index is 13.3. The minimum atomic E-state index is -0.768. The molecule has 0 unspecified atom stereocenters. The first kappa shape index (κ1) is 22.8. The molecular formula is C22H21BrClN4O3S+. The van der Waals surface area contributed by atoms with Gasteiger partial charge in [-0.05, 0) is 50.6 Å². The van der Waals surface area contributed by atoms with E-state index in [1.807, 2.05) is 31.2 Å². The molecule has 0 radical (unpaired) electrons. The van der Waals surface area contributed by atoms with Crippen molar-refractivity contribution >= 4 is 50.9 Å². The number of amides is 1. The largest absolute Gasteiger partial charge is 0.495 e. The number of nitrogens with zero attached hydrogens (tertiary/aromatic N) is 3. The van der Waals surface area contributed by atoms with Gasteiger partial charge in [-0.25, -0.2) is 4.90 Å². The smallest absolute Gasteiger partial charge is 0.325 e. The van der Waals surface area contributed by atoms with Gasteiger partial charge in [-0.3, -0.25) is 14.6 Å². The van der Waals surface area contributed by atoms with E-state index in [1.165, 1.54) is 11.8 Å². The van der Waals surface area contributed by atoms with E-state index in [1.54, 1.807) is 35.7 Å². The van der Waals surface area contributed by atoms with Crippen LogP contribution in [0.1, 0.15) is 32.0 Å². The maximum Gasteiger partial charge on any atom is 0.325 e. The summed E-state index contributed by atoms with van der Waals surface area (Å²) in [6.45, 7) is 3.78. The van der Waals surface area contributed by atoms with E-state index in [9.17, 15) is 9.59 Å². The molecule has 1 aliphatic rings. The SMILES string of the molecule is CCSc1n[n+]2c(c(=O)[nH]1)-c1ccccc1N(C(=O)CC)[C@H]2c1cc(Cl)cc(Br)c1OC. The first-order valence-corrected chi connectivity index (χ1v) is 12.2. The van der Waals surface area contributed by atoms with Gasteiger partial charge in [0.15, 0.2) is 0 Å². The zero-order valence-corrected chi connectivity index (χ0v) is 20.8. The van der Waals surface area contributed by atoms with Crippen molar-refractivity contribution in [3.8, 4) is 17.0 Å². The Hall–Kier alpha value is -2.36. The Labute approximate surface area is 202 Å². The van der Waals surface area contributed by atoms with Crippen LogP contribution >= 0.6 is 39.3 Å². The minimum Gasteiger partial charge on any atom is -0.495 e. The highest BCUT2D eigenvalue weighted by Gasteiger charge is 2.47. The third-order valence-electron chi connectivity index (χ3n) is 5.13. The average Bonchev–Trinajstić information content (AvgIpc) is 2.77. The van der Waals surface area contributed by atoms with Crippen molar-refractivity contribution < 1.29 is 14.2 Å². The van der Waals surface area contributed by atoms with Gasteiger partial charge in [0, 0.05) is 16.5 Å². The molecule has 1 amide bonds. The number of ether oxygens (including phenoxy) is 1. The van der Waals surface area contributed by atoms with Crippen LogP contribution in [-0.2, 0) is 4.79 Å². The Morgan fingerprint density at radius 3 is 2.78 bits per heavy atom. The topological polar surface area (TPSA) is 79.2 Å². The number of rotatable bonds is 5. The van der Waals surface area contributed by atoms with Crippen LogP contribution in [0.5, 0.6) is 5.75 Å². The van der Waals surface area contributed by atoms with Gasteiger partial charge in [0.2, 0.25) is 11.1 Å². The van der Waals surface area contributed by atoms with E-state index >= 15 is 0 Å². The van der Waals surface area contributed by atoms with Crippen molar-refractivity contribution in [2.24, 2.45) is 0 Å². The number of H-pyrrole nitrogens is 1. The van der Waals surface area contributed by atoms with Crippen LogP contribution in [-0.4, -0.2) is 28.9 Å². The number of hydrogen-bond donors (Lipinski definition) is 1. The van der Waals surface area contributed by atoms with Gasteiger partial charge in [0.25, 0.3) is 6.17 Å². The number of hydrogen-bond acceptors (Lipinski definition) is 5. The monoisotopic (exact) mass is 535 g/mol. The maximum absolute atomic E-state index is 13.3. The number of aromatic nitrogens is 3. The summed E-state index contributed by atoms with van der Waals surface area (Å²) in [5.74, 6) is 1.12. The van der Waals surface area contributed by atoms with Crippen LogP contribution in [0, 0.1) is 0 Å². The molecule has 1 N–H and O–H groups in total. The standard InChI is InChI=1S/C22H20BrClN4O3S/c1-4-17(29)27-16-9-7-6-8-13(16)18-20(30)25-22(32-5-2)26-28(18)21(27)14-10-12(24)11-15(23)19(14)31-3/h6-11,21H,4-5H2,1-3H3/p+1/t21-/m1/s1. The second-order valence-electron chi connectivity index (χ2n) is 7.00. The number of methoxy groups -OCH3 is 1. The molecule has 7 nitrogen and oxygen atoms in total. The number of carbonyl (C=O) groups is 1. The van der Waals surface area contributed by atoms with Gasteiger partial charge < -0.3 is 4.74 Å². The molecule has 3 aromatic rings. The Bertz CT molecular complexity index is 1270. The summed E-state index contributed by atoms with van der Waals surface area (Å²) >= 11 is 11.3. The van der Waals surface area contributed by atoms with E-state index in [4.69, 9.17) is 21.4 Å². The lowest BCUT2D eigenvalue weighted by Gasteiger charge is -2.32. The molecule has 1 atom stereocenters. The van der Waals surface area contributed by atoms with E-state index in [2.05, 4.69) is 20.9 Å². The number of benzene rings is 2. The van der Waals surface area contributed by atoms with Crippen LogP contribution < -0.4 is 19.9 Å². The van der Waals surface area contributed by atoms with Gasteiger partial charge in [-0.1, -0.05) is 49.3 Å². The predicted octanol–water partition coefficient (Wildman–Crippen LogP) is 4.56. The number of nitrogens with one attached hydrogen (secondary N) is 1. The molecule has 0 spiro atoms. The second-order valence-corrected chi connectivity index (χ2v) is 9.55. The summed E-state index contributed by atoms with van der Waals surface area (Å²) in [4.78, 5) is 31.1. The van der Waals surface area contributed by atoms with Gasteiger partial charge in [0.05, 0.1) is 28.4 Å². The Balaban J connectivity index is 2.13. The zero-order valence-electron chi connectivity index (χ0n) is 17.7. The number of aromatic amines is 1. The molecular weight excluding hydrogens is 516 g/mol. The Morgan fingerprint density at radius 1 is 1.34 bits per heavy atom. The molecule has 0 fully saturated rings. The van der Waals surface area contributed by atoms with Gasteiger partial charge in [0.1, 0.15) is 5.75 Å². The lowest BCUT2D eigenvalue weighted by atomic mass is 10.0. The van der Waals surface area contributed by atoms with Gasteiger partial charge in [-0.2, -0.15) is 0 Å². The first-order valence-electron chi connectivity index (χ1n) is 10.0. The fourth-order valence-electron chi connectivity index (χ4n) is 3.88. The molecule has 0 saturated carbocycles. The molecule has 0 saturated heterocycles. The highest BCUT2D eigenvalue weighted by molar-refractivity contribution is 9.10. The summed E-state index contributed by atoms with van der Waals surface area (Å²) in [6.07, 6.45) is -0.499. The molecule has 2 heterocycles. The van der Waals surface area contributed by atoms with Crippen molar-refractivity contribution in [3.63, 3.8) is 0 Å². The zero-order chi connectivity index (χ0) is 23.0. The Kier molecular flexibility index (Phi) is 6.60. The molecule has 0 bridgehead atoms. The first-order chi connectivity index (χ1) is 15.4. The van der Waals surface area contributed by atoms with Crippen LogP contribution in [0.25, 0.3) is 11.3 Å². The third kappa shape index (κ3) is 3.82. The van der Waals surface area contributed by atoms with Crippen molar-refractivity contribution in [1.82, 2.24) is 10.1 Å². The summed E-state index contributed by atoms with van der Waals surface area (Å²) in [5, 5.41) is 5.67. The Morgan fingerprint density at radius 2 is 2.09 bits per heavy atom. The number of thioether (sulfide) groups is 1. The number of halogens is 2. The van der Waals surface area contributed by atoms with Crippen molar-refractivity contribution in [3.05, 3.63) is 61.8 Å². The van der Waals surface area contributed by atoms with Crippen molar-refractivity contribution in [2.75, 3.05) is 17.8 Å². The van der Waals surface area contributed by atoms with E-state index in [0.29, 0.717) is 42.9 Å². The molecule has 32 heavy (non-hydrogen) atoms. The number of fused-ring (bicyclic) bond motifs is 3. The summed E-state index contributed by atoms with van der Waals surface area (Å²) < 4.78 is 7.93. The van der Waals surface area contributed by atoms with Crippen LogP contribution in [0.4, 0.5) is 5.69 Å². The number of anilines is 1. The molecule has 166 valence electrons. The normalized spacial score (nSPS) is 14.7. The fraction of sp³-hybridized carbons (Fsp3) is 0.273. The summed E-state index contributed by atoms with van der Waals surface area (Å²) in [7, 11) is 1.55. The molecule has 4 rings (SSSR count). The van der Waals surface area contributed by atoms with Crippen LogP contribution in [0.15, 0.2) is 50.8 Å². The lowest BCUT2D eigenvalue weighted by molar-refractivity contribution is -0.763. The minimum absolute atomic E-state index is 0.120. The van der Waals surface area contributed by atoms with E-state index in [-0.39, 0.29) is 17.9 Å². The lowest BCUT2D eigenvalue weighted by Crippen LogP contribution is -2.61. The van der Waals surface area contributed by atoms with Crippen molar-refractivity contribution in [2.45, 2.75) is 31.6 Å². The summed E-state index contributed by atoms with van der Waals surface area (Å²) in [5.41, 5.74) is 1.96. The fourth-order valence-corrected chi connectivity index (χ4v) is 5.46. The molecule has 1 aromatic heterocycles. The molecule has 10 heteroatoms. The third-order valence-corrected chi connectivity index (χ3v) is 6.68. The van der Waals surface area contributed by atoms with Gasteiger partial charge in [-0.15, -0.1) is 0 Å². The van der Waals surface area contributed by atoms with E-state index < -0.39 is 6.17 Å². The quantitative estimate of drug-likeness (QED) is 0.382. The van der Waals surface area contributed by atoms with Crippen molar-refractivity contribution in [1.29, 1.82) is 0 Å².